The molecule has 1 aliphatic rings. The van der Waals surface area contributed by atoms with E-state index >= 15 is 0 Å². The fraction of sp³-hybridized carbons (Fsp3) is 0.250. The number of hydrogen-bond donors (Lipinski definition) is 1. The Morgan fingerprint density at radius 2 is 1.75 bits per heavy atom. The summed E-state index contributed by atoms with van der Waals surface area (Å²) in [6.45, 7) is 4.19. The molecule has 2 aromatic heterocycles. The highest BCUT2D eigenvalue weighted by molar-refractivity contribution is 5.77. The van der Waals surface area contributed by atoms with Crippen molar-refractivity contribution in [1.29, 1.82) is 5.26 Å². The van der Waals surface area contributed by atoms with E-state index in [1.165, 1.54) is 4.68 Å². The molecule has 0 bridgehead atoms. The molecule has 0 saturated carbocycles. The lowest BCUT2D eigenvalue weighted by Crippen LogP contribution is -2.44. The number of piperazine rings is 1. The van der Waals surface area contributed by atoms with Gasteiger partial charge < -0.3 is 14.8 Å². The third kappa shape index (κ3) is 3.74. The second-order valence-corrected chi connectivity index (χ2v) is 7.83. The minimum Gasteiger partial charge on any atom is -0.340 e. The number of rotatable bonds is 5. The van der Waals surface area contributed by atoms with Crippen LogP contribution in [0.1, 0.15) is 16.7 Å². The van der Waals surface area contributed by atoms with E-state index in [1.807, 2.05) is 41.0 Å². The summed E-state index contributed by atoms with van der Waals surface area (Å²) in [6.07, 6.45) is 1.65. The Kier molecular flexibility index (Phi) is 5.40. The molecule has 4 aromatic rings. The summed E-state index contributed by atoms with van der Waals surface area (Å²) >= 11 is 0. The van der Waals surface area contributed by atoms with Crippen molar-refractivity contribution in [2.45, 2.75) is 13.1 Å². The molecule has 0 aliphatic carbocycles. The van der Waals surface area contributed by atoms with Crippen LogP contribution >= 0.6 is 0 Å². The summed E-state index contributed by atoms with van der Waals surface area (Å²) in [6, 6.07) is 19.6. The van der Waals surface area contributed by atoms with Crippen LogP contribution in [-0.2, 0) is 13.1 Å². The van der Waals surface area contributed by atoms with E-state index in [1.54, 1.807) is 12.3 Å². The van der Waals surface area contributed by atoms with E-state index in [4.69, 9.17) is 4.98 Å². The molecular weight excluding hydrogens is 402 g/mol. The number of imidazole rings is 1. The minimum atomic E-state index is -0.208. The molecule has 8 heteroatoms. The van der Waals surface area contributed by atoms with Gasteiger partial charge in [0.15, 0.2) is 0 Å². The molecule has 0 spiro atoms. The van der Waals surface area contributed by atoms with Gasteiger partial charge in [-0.05, 0) is 17.2 Å². The summed E-state index contributed by atoms with van der Waals surface area (Å²) in [5, 5.41) is 17.1. The third-order valence-corrected chi connectivity index (χ3v) is 5.77. The Morgan fingerprint density at radius 1 is 1.00 bits per heavy atom. The zero-order chi connectivity index (χ0) is 21.9. The first kappa shape index (κ1) is 20.0. The van der Waals surface area contributed by atoms with Gasteiger partial charge >= 0.3 is 0 Å². The quantitative estimate of drug-likeness (QED) is 0.526. The summed E-state index contributed by atoms with van der Waals surface area (Å²) in [5.74, 6) is 0.791. The molecule has 5 rings (SSSR count). The van der Waals surface area contributed by atoms with Crippen LogP contribution in [0.4, 0.5) is 5.95 Å². The van der Waals surface area contributed by atoms with Crippen molar-refractivity contribution in [2.24, 2.45) is 0 Å². The van der Waals surface area contributed by atoms with Crippen molar-refractivity contribution in [3.05, 3.63) is 87.8 Å². The highest BCUT2D eigenvalue weighted by Gasteiger charge is 2.22. The standard InChI is InChI=1S/C24H23N7O/c25-14-19-8-4-5-9-20(19)17-31-23(32)22-21(15-27-31)28-24(29-12-10-26-11-13-29)30(22)16-18-6-2-1-3-7-18/h1-9,15,26H,10-13,16-17H2. The molecule has 1 aliphatic heterocycles. The molecule has 0 radical (unpaired) electrons. The largest absolute Gasteiger partial charge is 0.340 e. The molecule has 8 nitrogen and oxygen atoms in total. The fourth-order valence-corrected chi connectivity index (χ4v) is 4.14. The molecule has 0 unspecified atom stereocenters. The van der Waals surface area contributed by atoms with E-state index in [9.17, 15) is 10.1 Å². The monoisotopic (exact) mass is 425 g/mol. The van der Waals surface area contributed by atoms with Crippen molar-refractivity contribution in [2.75, 3.05) is 31.1 Å². The number of aromatic nitrogens is 4. The normalized spacial score (nSPS) is 13.9. The van der Waals surface area contributed by atoms with Gasteiger partial charge in [0, 0.05) is 26.2 Å². The van der Waals surface area contributed by atoms with Gasteiger partial charge in [0.25, 0.3) is 5.56 Å². The van der Waals surface area contributed by atoms with E-state index < -0.39 is 0 Å². The Labute approximate surface area is 185 Å². The molecular formula is C24H23N7O. The molecule has 32 heavy (non-hydrogen) atoms. The molecule has 2 aromatic carbocycles. The fourth-order valence-electron chi connectivity index (χ4n) is 4.14. The molecule has 1 N–H and O–H groups in total. The molecule has 0 atom stereocenters. The number of nitriles is 1. The smallest absolute Gasteiger partial charge is 0.293 e. The van der Waals surface area contributed by atoms with Crippen molar-refractivity contribution in [3.63, 3.8) is 0 Å². The van der Waals surface area contributed by atoms with Crippen LogP contribution in [0.5, 0.6) is 0 Å². The van der Waals surface area contributed by atoms with Gasteiger partial charge in [0.1, 0.15) is 11.0 Å². The summed E-state index contributed by atoms with van der Waals surface area (Å²) in [5.41, 5.74) is 3.32. The number of nitrogens with one attached hydrogen (secondary N) is 1. The zero-order valence-electron chi connectivity index (χ0n) is 17.6. The Hall–Kier alpha value is -3.96. The second kappa shape index (κ2) is 8.65. The lowest BCUT2D eigenvalue weighted by atomic mass is 10.1. The second-order valence-electron chi connectivity index (χ2n) is 7.83. The van der Waals surface area contributed by atoms with E-state index in [0.717, 1.165) is 43.3 Å². The maximum Gasteiger partial charge on any atom is 0.293 e. The summed E-state index contributed by atoms with van der Waals surface area (Å²) < 4.78 is 3.43. The highest BCUT2D eigenvalue weighted by atomic mass is 16.1. The Morgan fingerprint density at radius 3 is 2.53 bits per heavy atom. The van der Waals surface area contributed by atoms with Gasteiger partial charge in [-0.3, -0.25) is 4.79 Å². The van der Waals surface area contributed by atoms with Crippen molar-refractivity contribution >= 4 is 17.0 Å². The SMILES string of the molecule is N#Cc1ccccc1Cn1ncc2nc(N3CCNCC3)n(Cc3ccccc3)c2c1=O. The van der Waals surface area contributed by atoms with E-state index in [-0.39, 0.29) is 12.1 Å². The van der Waals surface area contributed by atoms with Crippen LogP contribution in [0, 0.1) is 11.3 Å². The first-order valence-corrected chi connectivity index (χ1v) is 10.7. The molecule has 3 heterocycles. The average molecular weight is 425 g/mol. The predicted octanol–water partition coefficient (Wildman–Crippen LogP) is 1.97. The topological polar surface area (TPSA) is 91.8 Å². The van der Waals surface area contributed by atoms with Gasteiger partial charge in [0.05, 0.1) is 30.9 Å². The lowest BCUT2D eigenvalue weighted by Gasteiger charge is -2.28. The van der Waals surface area contributed by atoms with Crippen LogP contribution < -0.4 is 15.8 Å². The van der Waals surface area contributed by atoms with Crippen LogP contribution in [0.15, 0.2) is 65.6 Å². The molecule has 1 saturated heterocycles. The van der Waals surface area contributed by atoms with Crippen LogP contribution in [-0.4, -0.2) is 45.5 Å². The number of hydrogen-bond acceptors (Lipinski definition) is 6. The van der Waals surface area contributed by atoms with Crippen molar-refractivity contribution in [1.82, 2.24) is 24.6 Å². The first-order chi connectivity index (χ1) is 15.7. The van der Waals surface area contributed by atoms with Crippen LogP contribution in [0.3, 0.4) is 0 Å². The van der Waals surface area contributed by atoms with E-state index in [2.05, 4.69) is 33.5 Å². The average Bonchev–Trinajstić information content (AvgIpc) is 3.21. The van der Waals surface area contributed by atoms with Crippen molar-refractivity contribution in [3.8, 4) is 6.07 Å². The van der Waals surface area contributed by atoms with Gasteiger partial charge in [-0.2, -0.15) is 10.4 Å². The number of benzene rings is 2. The number of anilines is 1. The summed E-state index contributed by atoms with van der Waals surface area (Å²) in [4.78, 5) is 20.6. The minimum absolute atomic E-state index is 0.208. The number of fused-ring (bicyclic) bond motifs is 1. The van der Waals surface area contributed by atoms with Gasteiger partial charge in [0.2, 0.25) is 5.95 Å². The number of nitrogens with zero attached hydrogens (tertiary/aromatic N) is 6. The van der Waals surface area contributed by atoms with Gasteiger partial charge in [-0.25, -0.2) is 9.67 Å². The predicted molar refractivity (Wildman–Crippen MR) is 123 cm³/mol. The van der Waals surface area contributed by atoms with E-state index in [0.29, 0.717) is 23.1 Å². The molecule has 1 fully saturated rings. The lowest BCUT2D eigenvalue weighted by molar-refractivity contribution is 0.571. The molecule has 0 amide bonds. The van der Waals surface area contributed by atoms with Crippen LogP contribution in [0.2, 0.25) is 0 Å². The van der Waals surface area contributed by atoms with Crippen LogP contribution in [0.25, 0.3) is 11.0 Å². The molecule has 160 valence electrons. The Bertz CT molecular complexity index is 1340. The Balaban J connectivity index is 1.63. The van der Waals surface area contributed by atoms with Gasteiger partial charge in [-0.1, -0.05) is 48.5 Å². The highest BCUT2D eigenvalue weighted by Crippen LogP contribution is 2.22. The van der Waals surface area contributed by atoms with Crippen molar-refractivity contribution < 1.29 is 0 Å². The maximum absolute atomic E-state index is 13.6. The maximum atomic E-state index is 13.6. The first-order valence-electron chi connectivity index (χ1n) is 10.7. The third-order valence-electron chi connectivity index (χ3n) is 5.77. The van der Waals surface area contributed by atoms with Gasteiger partial charge in [-0.15, -0.1) is 0 Å². The summed E-state index contributed by atoms with van der Waals surface area (Å²) in [7, 11) is 0. The zero-order valence-corrected chi connectivity index (χ0v) is 17.6.